The van der Waals surface area contributed by atoms with Gasteiger partial charge in [0.05, 0.1) is 0 Å². The molecule has 1 aliphatic heterocycles. The van der Waals surface area contributed by atoms with E-state index in [-0.39, 0.29) is 12.5 Å². The van der Waals surface area contributed by atoms with Gasteiger partial charge in [-0.1, -0.05) is 23.7 Å². The Bertz CT molecular complexity index is 1370. The lowest BCUT2D eigenvalue weighted by molar-refractivity contribution is -0.193. The number of aromatic nitrogens is 1. The Labute approximate surface area is 257 Å². The molecule has 1 unspecified atom stereocenters. The third-order valence-corrected chi connectivity index (χ3v) is 7.02. The first-order chi connectivity index (χ1) is 20.8. The first kappa shape index (κ1) is 37.2. The maximum Gasteiger partial charge on any atom is 0.490 e. The molecule has 4 rings (SSSR count). The summed E-state index contributed by atoms with van der Waals surface area (Å²) in [4.78, 5) is 50.1. The van der Waals surface area contributed by atoms with Crippen LogP contribution in [0.3, 0.4) is 0 Å². The number of carboxylic acid groups (broad SMARTS) is 2. The van der Waals surface area contributed by atoms with Gasteiger partial charge >= 0.3 is 24.3 Å². The molecule has 1 saturated heterocycles. The summed E-state index contributed by atoms with van der Waals surface area (Å²) in [5, 5.41) is 29.1. The minimum Gasteiger partial charge on any atom is -0.475 e. The molecule has 1 aromatic heterocycles. The van der Waals surface area contributed by atoms with Crippen molar-refractivity contribution in [3.05, 3.63) is 63.9 Å². The molecule has 45 heavy (non-hydrogen) atoms. The average molecular weight is 671 g/mol. The number of aliphatic hydroxyl groups is 1. The number of pyridine rings is 1. The summed E-state index contributed by atoms with van der Waals surface area (Å²) < 4.78 is 63.5. The van der Waals surface area contributed by atoms with Gasteiger partial charge in [0.2, 0.25) is 5.91 Å². The molecule has 2 atom stereocenters. The number of nitrogens with one attached hydrogen (secondary N) is 1. The van der Waals surface area contributed by atoms with Crippen LogP contribution in [0.2, 0.25) is 5.02 Å². The fourth-order valence-corrected chi connectivity index (χ4v) is 4.86. The lowest BCUT2D eigenvalue weighted by Gasteiger charge is -2.37. The summed E-state index contributed by atoms with van der Waals surface area (Å²) in [6, 6.07) is 8.29. The van der Waals surface area contributed by atoms with Gasteiger partial charge in [-0.25, -0.2) is 9.59 Å². The molecule has 2 heterocycles. The first-order valence-electron chi connectivity index (χ1n) is 13.2. The lowest BCUT2D eigenvalue weighted by atomic mass is 9.80. The first-order valence-corrected chi connectivity index (χ1v) is 13.5. The molecule has 1 fully saturated rings. The number of benzene rings is 1. The van der Waals surface area contributed by atoms with Crippen molar-refractivity contribution in [1.82, 2.24) is 15.2 Å². The van der Waals surface area contributed by atoms with Gasteiger partial charge in [-0.15, -0.1) is 0 Å². The maximum absolute atomic E-state index is 13.5. The lowest BCUT2D eigenvalue weighted by Crippen LogP contribution is -2.54. The summed E-state index contributed by atoms with van der Waals surface area (Å²) in [5.41, 5.74) is 7.22. The highest BCUT2D eigenvalue weighted by molar-refractivity contribution is 6.30. The van der Waals surface area contributed by atoms with Crippen LogP contribution in [0.15, 0.2) is 36.5 Å². The molecule has 0 bridgehead atoms. The van der Waals surface area contributed by atoms with Gasteiger partial charge in [0.1, 0.15) is 6.04 Å². The normalized spacial score (nSPS) is 19.2. The van der Waals surface area contributed by atoms with E-state index in [0.717, 1.165) is 23.2 Å². The van der Waals surface area contributed by atoms with Gasteiger partial charge in [0, 0.05) is 42.1 Å². The van der Waals surface area contributed by atoms with Gasteiger partial charge in [0.25, 0.3) is 5.91 Å². The van der Waals surface area contributed by atoms with Crippen LogP contribution in [0.4, 0.5) is 26.3 Å². The van der Waals surface area contributed by atoms with Crippen molar-refractivity contribution in [3.63, 3.8) is 0 Å². The van der Waals surface area contributed by atoms with Crippen LogP contribution in [0.25, 0.3) is 0 Å². The number of rotatable bonds is 5. The number of hydrogen-bond donors (Lipinski definition) is 5. The minimum absolute atomic E-state index is 0.236. The van der Waals surface area contributed by atoms with Crippen LogP contribution in [-0.4, -0.2) is 73.9 Å². The number of alkyl halides is 6. The van der Waals surface area contributed by atoms with E-state index in [1.165, 1.54) is 4.90 Å². The molecule has 248 valence electrons. The molecule has 0 radical (unpaired) electrons. The largest absolute Gasteiger partial charge is 0.490 e. The third kappa shape index (κ3) is 10.0. The number of likely N-dealkylation sites (tertiary alicyclic amines) is 1. The third-order valence-electron chi connectivity index (χ3n) is 6.78. The number of carbonyl (C=O) groups excluding carboxylic acids is 2. The van der Waals surface area contributed by atoms with E-state index in [2.05, 4.69) is 10.3 Å². The van der Waals surface area contributed by atoms with Gasteiger partial charge in [-0.3, -0.25) is 14.6 Å². The predicted molar refractivity (Wildman–Crippen MR) is 144 cm³/mol. The Morgan fingerprint density at radius 2 is 1.62 bits per heavy atom. The fraction of sp³-hybridized carbons (Fsp3) is 0.444. The molecule has 18 heteroatoms. The Morgan fingerprint density at radius 3 is 2.18 bits per heavy atom. The average Bonchev–Trinajstić information content (AvgIpc) is 3.45. The predicted octanol–water partition coefficient (Wildman–Crippen LogP) is 3.29. The van der Waals surface area contributed by atoms with E-state index in [4.69, 9.17) is 37.1 Å². The molecule has 1 aliphatic carbocycles. The molecule has 11 nitrogen and oxygen atoms in total. The van der Waals surface area contributed by atoms with Crippen molar-refractivity contribution in [2.45, 2.75) is 69.2 Å². The summed E-state index contributed by atoms with van der Waals surface area (Å²) in [6.45, 7) is 1.07. The van der Waals surface area contributed by atoms with E-state index in [1.54, 1.807) is 30.5 Å². The SMILES string of the molecule is NCc1ccc(Cl)cc1CNC(=O)[C@@H]1CCCN1C(=O)C1(O)CCCc2ncccc21.O=C(O)C(F)(F)F.O=C(O)C(F)(F)F. The van der Waals surface area contributed by atoms with Crippen LogP contribution in [-0.2, 0) is 44.3 Å². The topological polar surface area (TPSA) is 183 Å². The summed E-state index contributed by atoms with van der Waals surface area (Å²) in [5.74, 6) is -6.16. The zero-order valence-electron chi connectivity index (χ0n) is 23.3. The maximum atomic E-state index is 13.5. The number of fused-ring (bicyclic) bond motifs is 1. The monoisotopic (exact) mass is 670 g/mol. The van der Waals surface area contributed by atoms with Gasteiger partial charge < -0.3 is 31.3 Å². The van der Waals surface area contributed by atoms with E-state index in [0.29, 0.717) is 49.4 Å². The van der Waals surface area contributed by atoms with Crippen molar-refractivity contribution < 1.29 is 60.8 Å². The van der Waals surface area contributed by atoms with Crippen LogP contribution in [0, 0.1) is 0 Å². The number of hydrogen-bond acceptors (Lipinski definition) is 7. The molecular formula is C27H29ClF6N4O7. The number of aliphatic carboxylic acids is 2. The van der Waals surface area contributed by atoms with Crippen LogP contribution in [0.5, 0.6) is 0 Å². The van der Waals surface area contributed by atoms with Crippen molar-refractivity contribution in [1.29, 1.82) is 0 Å². The van der Waals surface area contributed by atoms with Crippen LogP contribution < -0.4 is 11.1 Å². The highest BCUT2D eigenvalue weighted by atomic mass is 35.5. The molecule has 0 spiro atoms. The number of aryl methyl sites for hydroxylation is 1. The highest BCUT2D eigenvalue weighted by Crippen LogP contribution is 2.37. The van der Waals surface area contributed by atoms with Crippen LogP contribution >= 0.6 is 11.6 Å². The quantitative estimate of drug-likeness (QED) is 0.298. The Balaban J connectivity index is 0.000000421. The zero-order chi connectivity index (χ0) is 34.2. The number of carbonyl (C=O) groups is 4. The molecular weight excluding hydrogens is 642 g/mol. The van der Waals surface area contributed by atoms with E-state index >= 15 is 0 Å². The molecule has 2 aliphatic rings. The van der Waals surface area contributed by atoms with Crippen molar-refractivity contribution in [2.24, 2.45) is 5.73 Å². The minimum atomic E-state index is -5.08. The summed E-state index contributed by atoms with van der Waals surface area (Å²) in [6.07, 6.45) is -5.48. The number of nitrogens with two attached hydrogens (primary N) is 1. The number of nitrogens with zero attached hydrogens (tertiary/aromatic N) is 2. The highest BCUT2D eigenvalue weighted by Gasteiger charge is 2.48. The molecule has 0 saturated carbocycles. The second-order valence-corrected chi connectivity index (χ2v) is 10.2. The Morgan fingerprint density at radius 1 is 1.02 bits per heavy atom. The van der Waals surface area contributed by atoms with E-state index in [1.807, 2.05) is 6.07 Å². The Kier molecular flexibility index (Phi) is 12.7. The van der Waals surface area contributed by atoms with Crippen molar-refractivity contribution >= 4 is 35.4 Å². The molecule has 6 N–H and O–H groups in total. The molecule has 2 amide bonds. The zero-order valence-corrected chi connectivity index (χ0v) is 24.0. The second-order valence-electron chi connectivity index (χ2n) is 9.81. The number of carboxylic acids is 2. The summed E-state index contributed by atoms with van der Waals surface area (Å²) >= 11 is 6.08. The number of amides is 2. The van der Waals surface area contributed by atoms with Crippen molar-refractivity contribution in [2.75, 3.05) is 6.54 Å². The van der Waals surface area contributed by atoms with Crippen LogP contribution in [0.1, 0.15) is 48.1 Å². The van der Waals surface area contributed by atoms with Crippen molar-refractivity contribution in [3.8, 4) is 0 Å². The molecule has 1 aromatic carbocycles. The summed E-state index contributed by atoms with van der Waals surface area (Å²) in [7, 11) is 0. The smallest absolute Gasteiger partial charge is 0.475 e. The number of halogens is 7. The molecule has 2 aromatic rings. The van der Waals surface area contributed by atoms with E-state index in [9.17, 15) is 41.0 Å². The second kappa shape index (κ2) is 15.4. The van der Waals surface area contributed by atoms with E-state index < -0.39 is 41.8 Å². The van der Waals surface area contributed by atoms with Gasteiger partial charge in [-0.05, 0) is 61.4 Å². The Hall–Kier alpha value is -3.96. The standard InChI is InChI=1S/C23H27ClN4O3.2C2HF3O2/c24-17-8-7-15(13-25)16(12-17)14-27-21(29)20-6-3-11-28(20)22(30)23(31)9-1-5-19-18(23)4-2-10-26-19;2*3-2(4,5)1(6)7/h2,4,7-8,10,12,20,31H,1,3,5-6,9,11,13-14,25H2,(H,27,29);2*(H,6,7)/t20-,23?;;/m0../s1. The van der Waals surface area contributed by atoms with Gasteiger partial charge in [0.15, 0.2) is 5.60 Å². The van der Waals surface area contributed by atoms with Gasteiger partial charge in [-0.2, -0.15) is 26.3 Å². The fourth-order valence-electron chi connectivity index (χ4n) is 4.66.